The predicted molar refractivity (Wildman–Crippen MR) is 111 cm³/mol. The number of esters is 1. The smallest absolute Gasteiger partial charge is 0.307 e. The second-order valence-corrected chi connectivity index (χ2v) is 7.45. The van der Waals surface area contributed by atoms with Gasteiger partial charge in [0.1, 0.15) is 6.54 Å². The fourth-order valence-electron chi connectivity index (χ4n) is 2.67. The number of unbranched alkanes of at least 4 members (excludes halogenated alkanes) is 1. The second kappa shape index (κ2) is 14.7. The number of rotatable bonds is 11. The first-order chi connectivity index (χ1) is 14.1. The summed E-state index contributed by atoms with van der Waals surface area (Å²) in [5.41, 5.74) is 0.439. The SMILES string of the molecule is CCOC(=O)CCNC(=O)c1ccccc1SC(=O)CCCC[n+]1ccccc1.[Br-]. The zero-order chi connectivity index (χ0) is 20.9. The summed E-state index contributed by atoms with van der Waals surface area (Å²) in [5.74, 6) is -0.648. The van der Waals surface area contributed by atoms with Crippen molar-refractivity contribution in [2.24, 2.45) is 0 Å². The van der Waals surface area contributed by atoms with Gasteiger partial charge in [-0.25, -0.2) is 4.57 Å². The van der Waals surface area contributed by atoms with Crippen molar-refractivity contribution in [1.82, 2.24) is 5.32 Å². The molecule has 0 radical (unpaired) electrons. The van der Waals surface area contributed by atoms with Crippen molar-refractivity contribution < 1.29 is 40.7 Å². The summed E-state index contributed by atoms with van der Waals surface area (Å²) in [6.07, 6.45) is 6.30. The Morgan fingerprint density at radius 2 is 1.73 bits per heavy atom. The molecule has 2 aromatic rings. The molecule has 0 saturated carbocycles. The molecule has 1 N–H and O–H groups in total. The molecule has 0 spiro atoms. The number of carbonyl (C=O) groups excluding carboxylic acids is 3. The fraction of sp³-hybridized carbons (Fsp3) is 0.364. The average Bonchev–Trinajstić information content (AvgIpc) is 2.72. The van der Waals surface area contributed by atoms with Crippen molar-refractivity contribution in [2.45, 2.75) is 44.0 Å². The number of aromatic nitrogens is 1. The molecule has 1 aromatic carbocycles. The minimum absolute atomic E-state index is 0. The summed E-state index contributed by atoms with van der Waals surface area (Å²) in [4.78, 5) is 36.7. The number of nitrogens with zero attached hydrogens (tertiary/aromatic N) is 1. The molecule has 8 heteroatoms. The Labute approximate surface area is 192 Å². The lowest BCUT2D eigenvalue weighted by molar-refractivity contribution is -0.697. The van der Waals surface area contributed by atoms with Crippen LogP contribution in [0.25, 0.3) is 0 Å². The van der Waals surface area contributed by atoms with Gasteiger partial charge in [0.15, 0.2) is 17.5 Å². The van der Waals surface area contributed by atoms with Gasteiger partial charge < -0.3 is 27.0 Å². The van der Waals surface area contributed by atoms with E-state index in [1.807, 2.05) is 30.6 Å². The van der Waals surface area contributed by atoms with Gasteiger partial charge >= 0.3 is 5.97 Å². The number of thioether (sulfide) groups is 1. The van der Waals surface area contributed by atoms with Crippen LogP contribution >= 0.6 is 11.8 Å². The van der Waals surface area contributed by atoms with Crippen LogP contribution in [0.2, 0.25) is 0 Å². The minimum atomic E-state index is -0.348. The van der Waals surface area contributed by atoms with E-state index in [0.29, 0.717) is 23.5 Å². The number of hydrogen-bond donors (Lipinski definition) is 1. The highest BCUT2D eigenvalue weighted by Crippen LogP contribution is 2.25. The van der Waals surface area contributed by atoms with Crippen LogP contribution in [0.1, 0.15) is 43.0 Å². The maximum atomic E-state index is 12.4. The van der Waals surface area contributed by atoms with E-state index in [9.17, 15) is 14.4 Å². The zero-order valence-electron chi connectivity index (χ0n) is 17.0. The monoisotopic (exact) mass is 494 g/mol. The van der Waals surface area contributed by atoms with Gasteiger partial charge in [-0.3, -0.25) is 14.4 Å². The van der Waals surface area contributed by atoms with E-state index in [1.165, 1.54) is 0 Å². The highest BCUT2D eigenvalue weighted by atomic mass is 79.9. The summed E-state index contributed by atoms with van der Waals surface area (Å²) >= 11 is 1.09. The molecule has 2 rings (SSSR count). The van der Waals surface area contributed by atoms with E-state index in [4.69, 9.17) is 4.74 Å². The van der Waals surface area contributed by atoms with Gasteiger partial charge in [0.2, 0.25) is 0 Å². The van der Waals surface area contributed by atoms with Crippen molar-refractivity contribution in [3.05, 3.63) is 60.4 Å². The third-order valence-electron chi connectivity index (χ3n) is 4.10. The van der Waals surface area contributed by atoms with Crippen LogP contribution in [0.5, 0.6) is 0 Å². The highest BCUT2D eigenvalue weighted by Gasteiger charge is 2.15. The number of nitrogens with one attached hydrogen (secondary N) is 1. The van der Waals surface area contributed by atoms with Crippen LogP contribution in [0.3, 0.4) is 0 Å². The van der Waals surface area contributed by atoms with Crippen molar-refractivity contribution in [3.63, 3.8) is 0 Å². The van der Waals surface area contributed by atoms with Crippen molar-refractivity contribution >= 4 is 28.8 Å². The molecule has 30 heavy (non-hydrogen) atoms. The Hall–Kier alpha value is -2.19. The summed E-state index contributed by atoms with van der Waals surface area (Å²) in [6.45, 7) is 3.12. The molecule has 0 bridgehead atoms. The molecular weight excluding hydrogens is 468 g/mol. The Balaban J connectivity index is 0.00000450. The Bertz CT molecular complexity index is 818. The maximum absolute atomic E-state index is 12.4. The van der Waals surface area contributed by atoms with Crippen molar-refractivity contribution in [3.8, 4) is 0 Å². The van der Waals surface area contributed by atoms with Crippen LogP contribution < -0.4 is 26.9 Å². The summed E-state index contributed by atoms with van der Waals surface area (Å²) < 4.78 is 6.93. The van der Waals surface area contributed by atoms with E-state index >= 15 is 0 Å². The topological polar surface area (TPSA) is 76.3 Å². The Kier molecular flexibility index (Phi) is 12.7. The summed E-state index contributed by atoms with van der Waals surface area (Å²) in [5, 5.41) is 2.74. The molecule has 0 fully saturated rings. The number of ether oxygens (including phenoxy) is 1. The number of hydrogen-bond acceptors (Lipinski definition) is 5. The highest BCUT2D eigenvalue weighted by molar-refractivity contribution is 8.13. The molecule has 162 valence electrons. The molecule has 0 aliphatic rings. The third-order valence-corrected chi connectivity index (χ3v) is 5.11. The molecule has 1 amide bonds. The van der Waals surface area contributed by atoms with Crippen LogP contribution in [-0.4, -0.2) is 30.1 Å². The molecule has 0 atom stereocenters. The molecular formula is C22H27BrN2O4S. The summed E-state index contributed by atoms with van der Waals surface area (Å²) in [6, 6.07) is 12.9. The van der Waals surface area contributed by atoms with Crippen LogP contribution in [0.15, 0.2) is 59.8 Å². The van der Waals surface area contributed by atoms with E-state index < -0.39 is 0 Å². The van der Waals surface area contributed by atoms with Crippen LogP contribution in [-0.2, 0) is 20.9 Å². The molecule has 0 unspecified atom stereocenters. The lowest BCUT2D eigenvalue weighted by atomic mass is 10.2. The predicted octanol–water partition coefficient (Wildman–Crippen LogP) is 0.150. The lowest BCUT2D eigenvalue weighted by Crippen LogP contribution is -3.00. The lowest BCUT2D eigenvalue weighted by Gasteiger charge is -2.09. The second-order valence-electron chi connectivity index (χ2n) is 6.35. The first kappa shape index (κ1) is 25.8. The number of aryl methyl sites for hydroxylation is 1. The number of benzene rings is 1. The van der Waals surface area contributed by atoms with Gasteiger partial charge in [-0.2, -0.15) is 0 Å². The zero-order valence-corrected chi connectivity index (χ0v) is 19.4. The minimum Gasteiger partial charge on any atom is -1.00 e. The van der Waals surface area contributed by atoms with Gasteiger partial charge in [0.05, 0.1) is 18.6 Å². The maximum Gasteiger partial charge on any atom is 0.307 e. The third kappa shape index (κ3) is 9.54. The standard InChI is InChI=1S/C22H26N2O4S.BrH/c1-2-28-20(25)13-14-23-22(27)18-10-4-5-11-19(18)29-21(26)12-6-9-17-24-15-7-3-8-16-24;/h3-5,7-8,10-11,15-16H,2,6,9,12-14,17H2,1H3;1H. The van der Waals surface area contributed by atoms with Gasteiger partial charge in [-0.1, -0.05) is 30.0 Å². The number of pyridine rings is 1. The van der Waals surface area contributed by atoms with Crippen molar-refractivity contribution in [2.75, 3.05) is 13.2 Å². The molecule has 1 aromatic heterocycles. The molecule has 0 saturated heterocycles. The van der Waals surface area contributed by atoms with Gasteiger partial charge in [-0.05, 0) is 25.5 Å². The normalized spacial score (nSPS) is 10.0. The van der Waals surface area contributed by atoms with E-state index in [1.54, 1.807) is 31.2 Å². The number of amides is 1. The van der Waals surface area contributed by atoms with Gasteiger partial charge in [0.25, 0.3) is 5.91 Å². The van der Waals surface area contributed by atoms with E-state index in [0.717, 1.165) is 31.1 Å². The summed E-state index contributed by atoms with van der Waals surface area (Å²) in [7, 11) is 0. The van der Waals surface area contributed by atoms with Gasteiger partial charge in [-0.15, -0.1) is 0 Å². The average molecular weight is 495 g/mol. The fourth-order valence-corrected chi connectivity index (χ4v) is 3.58. The Morgan fingerprint density at radius 3 is 2.47 bits per heavy atom. The number of carbonyl (C=O) groups is 3. The number of halogens is 1. The first-order valence-corrected chi connectivity index (χ1v) is 10.6. The van der Waals surface area contributed by atoms with Crippen molar-refractivity contribution in [1.29, 1.82) is 0 Å². The van der Waals surface area contributed by atoms with Crippen LogP contribution in [0, 0.1) is 0 Å². The Morgan fingerprint density at radius 1 is 1.00 bits per heavy atom. The van der Waals surface area contributed by atoms with Crippen LogP contribution in [0.4, 0.5) is 0 Å². The molecule has 0 aliphatic heterocycles. The van der Waals surface area contributed by atoms with E-state index in [2.05, 4.69) is 9.88 Å². The molecule has 0 aliphatic carbocycles. The van der Waals surface area contributed by atoms with Gasteiger partial charge in [0, 0.05) is 36.4 Å². The molecule has 6 nitrogen and oxygen atoms in total. The molecule has 1 heterocycles. The first-order valence-electron chi connectivity index (χ1n) is 9.77. The largest absolute Gasteiger partial charge is 1.00 e. The quantitative estimate of drug-likeness (QED) is 0.208. The van der Waals surface area contributed by atoms with E-state index in [-0.39, 0.29) is 46.9 Å².